The first-order valence-corrected chi connectivity index (χ1v) is 7.52. The van der Waals surface area contributed by atoms with Gasteiger partial charge in [-0.1, -0.05) is 13.8 Å². The maximum atomic E-state index is 12.1. The van der Waals surface area contributed by atoms with Crippen molar-refractivity contribution in [2.45, 2.75) is 39.5 Å². The van der Waals surface area contributed by atoms with Gasteiger partial charge in [0.25, 0.3) is 0 Å². The van der Waals surface area contributed by atoms with Crippen LogP contribution in [0.4, 0.5) is 4.79 Å². The second kappa shape index (κ2) is 8.09. The molecule has 1 aliphatic rings. The van der Waals surface area contributed by atoms with Crippen LogP contribution in [0.3, 0.4) is 0 Å². The van der Waals surface area contributed by atoms with Crippen LogP contribution in [-0.4, -0.2) is 54.7 Å². The number of carboxylic acid groups (broad SMARTS) is 1. The summed E-state index contributed by atoms with van der Waals surface area (Å²) in [7, 11) is 0. The summed E-state index contributed by atoms with van der Waals surface area (Å²) in [5, 5.41) is 15.5. The molecule has 1 atom stereocenters. The molecule has 0 radical (unpaired) electrons. The Morgan fingerprint density at radius 3 is 2.65 bits per heavy atom. The normalized spacial score (nSPS) is 22.6. The van der Waals surface area contributed by atoms with Crippen molar-refractivity contribution < 1.29 is 14.7 Å². The summed E-state index contributed by atoms with van der Waals surface area (Å²) in [5.74, 6) is -0.787. The van der Waals surface area contributed by atoms with Gasteiger partial charge in [0.1, 0.15) is 0 Å². The number of carbonyl (C=O) groups is 2. The van der Waals surface area contributed by atoms with E-state index >= 15 is 0 Å². The molecule has 3 N–H and O–H groups in total. The number of piperidine rings is 1. The highest BCUT2D eigenvalue weighted by atomic mass is 16.4. The lowest BCUT2D eigenvalue weighted by Gasteiger charge is -2.39. The van der Waals surface area contributed by atoms with Crippen LogP contribution in [0.1, 0.15) is 39.5 Å². The molecule has 0 spiro atoms. The minimum atomic E-state index is -0.787. The third-order valence-electron chi connectivity index (χ3n) is 4.05. The molecule has 2 amide bonds. The first kappa shape index (κ1) is 16.8. The summed E-state index contributed by atoms with van der Waals surface area (Å²) in [4.78, 5) is 25.1. The average Bonchev–Trinajstić information content (AvgIpc) is 2.46. The quantitative estimate of drug-likeness (QED) is 0.615. The van der Waals surface area contributed by atoms with Gasteiger partial charge in [0.05, 0.1) is 5.41 Å². The molecule has 1 fully saturated rings. The lowest BCUT2D eigenvalue weighted by atomic mass is 9.78. The molecule has 6 nitrogen and oxygen atoms in total. The Morgan fingerprint density at radius 2 is 2.05 bits per heavy atom. The Bertz CT molecular complexity index is 336. The van der Waals surface area contributed by atoms with Gasteiger partial charge in [-0.15, -0.1) is 0 Å². The van der Waals surface area contributed by atoms with Gasteiger partial charge in [-0.2, -0.15) is 0 Å². The number of aliphatic carboxylic acids is 1. The molecular formula is C14H27N3O3. The van der Waals surface area contributed by atoms with Crippen molar-refractivity contribution in [3.8, 4) is 0 Å². The number of rotatable bonds is 7. The van der Waals surface area contributed by atoms with E-state index in [1.54, 1.807) is 4.90 Å². The lowest BCUT2D eigenvalue weighted by Crippen LogP contribution is -2.52. The number of likely N-dealkylation sites (tertiary alicyclic amines) is 1. The number of carboxylic acids is 1. The number of nitrogens with zero attached hydrogens (tertiary/aromatic N) is 1. The highest BCUT2D eigenvalue weighted by molar-refractivity contribution is 5.78. The molecule has 1 saturated heterocycles. The Balaban J connectivity index is 2.42. The molecule has 0 aromatic carbocycles. The summed E-state index contributed by atoms with van der Waals surface area (Å²) in [5.41, 5.74) is -0.765. The van der Waals surface area contributed by atoms with Crippen molar-refractivity contribution in [3.05, 3.63) is 0 Å². The summed E-state index contributed by atoms with van der Waals surface area (Å²) < 4.78 is 0. The second-order valence-electron chi connectivity index (χ2n) is 5.40. The van der Waals surface area contributed by atoms with Crippen LogP contribution in [0.25, 0.3) is 0 Å². The second-order valence-corrected chi connectivity index (χ2v) is 5.40. The molecule has 0 aliphatic carbocycles. The SMILES string of the molecule is CCNCCCNC(=O)N1CCCC(CC)(C(=O)O)C1. The topological polar surface area (TPSA) is 81.7 Å². The molecule has 0 aromatic heterocycles. The fraction of sp³-hybridized carbons (Fsp3) is 0.857. The molecule has 116 valence electrons. The maximum absolute atomic E-state index is 12.1. The summed E-state index contributed by atoms with van der Waals surface area (Å²) in [6.45, 7) is 7.32. The van der Waals surface area contributed by atoms with Crippen molar-refractivity contribution in [1.82, 2.24) is 15.5 Å². The van der Waals surface area contributed by atoms with Crippen LogP contribution >= 0.6 is 0 Å². The van der Waals surface area contributed by atoms with E-state index in [0.29, 0.717) is 32.5 Å². The van der Waals surface area contributed by atoms with Gasteiger partial charge in [0.2, 0.25) is 0 Å². The third-order valence-corrected chi connectivity index (χ3v) is 4.05. The Labute approximate surface area is 120 Å². The van der Waals surface area contributed by atoms with Crippen LogP contribution in [0.5, 0.6) is 0 Å². The van der Waals surface area contributed by atoms with E-state index in [1.165, 1.54) is 0 Å². The lowest BCUT2D eigenvalue weighted by molar-refractivity contribution is -0.152. The van der Waals surface area contributed by atoms with Gasteiger partial charge in [-0.3, -0.25) is 4.79 Å². The van der Waals surface area contributed by atoms with Crippen molar-refractivity contribution in [2.75, 3.05) is 32.7 Å². The largest absolute Gasteiger partial charge is 0.481 e. The maximum Gasteiger partial charge on any atom is 0.317 e. The van der Waals surface area contributed by atoms with Gasteiger partial charge < -0.3 is 20.6 Å². The number of hydrogen-bond donors (Lipinski definition) is 3. The number of urea groups is 1. The highest BCUT2D eigenvalue weighted by Gasteiger charge is 2.42. The van der Waals surface area contributed by atoms with Crippen LogP contribution < -0.4 is 10.6 Å². The minimum absolute atomic E-state index is 0.139. The van der Waals surface area contributed by atoms with E-state index in [9.17, 15) is 14.7 Å². The fourth-order valence-electron chi connectivity index (χ4n) is 2.62. The molecule has 1 aliphatic heterocycles. The van der Waals surface area contributed by atoms with Crippen LogP contribution in [0.15, 0.2) is 0 Å². The van der Waals surface area contributed by atoms with E-state index < -0.39 is 11.4 Å². The first-order chi connectivity index (χ1) is 9.55. The number of nitrogens with one attached hydrogen (secondary N) is 2. The van der Waals surface area contributed by atoms with E-state index in [2.05, 4.69) is 10.6 Å². The van der Waals surface area contributed by atoms with E-state index in [-0.39, 0.29) is 6.03 Å². The van der Waals surface area contributed by atoms with Gasteiger partial charge >= 0.3 is 12.0 Å². The zero-order valence-electron chi connectivity index (χ0n) is 12.6. The Hall–Kier alpha value is -1.30. The predicted octanol–water partition coefficient (Wildman–Crippen LogP) is 1.27. The summed E-state index contributed by atoms with van der Waals surface area (Å²) in [6, 6.07) is -0.139. The third kappa shape index (κ3) is 4.37. The van der Waals surface area contributed by atoms with Crippen LogP contribution in [0, 0.1) is 5.41 Å². The Morgan fingerprint density at radius 1 is 1.30 bits per heavy atom. The first-order valence-electron chi connectivity index (χ1n) is 7.52. The zero-order valence-corrected chi connectivity index (χ0v) is 12.6. The Kier molecular flexibility index (Phi) is 6.78. The molecule has 0 saturated carbocycles. The average molecular weight is 285 g/mol. The molecule has 1 unspecified atom stereocenters. The van der Waals surface area contributed by atoms with Gasteiger partial charge in [0, 0.05) is 19.6 Å². The smallest absolute Gasteiger partial charge is 0.317 e. The number of carbonyl (C=O) groups excluding carboxylic acids is 1. The van der Waals surface area contributed by atoms with E-state index in [1.807, 2.05) is 13.8 Å². The summed E-state index contributed by atoms with van der Waals surface area (Å²) in [6.07, 6.45) is 2.85. The van der Waals surface area contributed by atoms with Crippen molar-refractivity contribution in [2.24, 2.45) is 5.41 Å². The zero-order chi connectivity index (χ0) is 15.0. The standard InChI is InChI=1S/C14H27N3O3/c1-3-14(12(18)19)7-5-10-17(11-14)13(20)16-9-6-8-15-4-2/h15H,3-11H2,1-2H3,(H,16,20)(H,18,19). The van der Waals surface area contributed by atoms with Gasteiger partial charge in [0.15, 0.2) is 0 Å². The van der Waals surface area contributed by atoms with E-state index in [0.717, 1.165) is 25.9 Å². The summed E-state index contributed by atoms with van der Waals surface area (Å²) >= 11 is 0. The highest BCUT2D eigenvalue weighted by Crippen LogP contribution is 2.33. The van der Waals surface area contributed by atoms with Gasteiger partial charge in [-0.25, -0.2) is 4.79 Å². The predicted molar refractivity (Wildman–Crippen MR) is 77.7 cm³/mol. The molecule has 0 aromatic rings. The number of amides is 2. The van der Waals surface area contributed by atoms with Crippen molar-refractivity contribution >= 4 is 12.0 Å². The fourth-order valence-corrected chi connectivity index (χ4v) is 2.62. The molecule has 0 bridgehead atoms. The van der Waals surface area contributed by atoms with Crippen molar-refractivity contribution in [1.29, 1.82) is 0 Å². The van der Waals surface area contributed by atoms with Gasteiger partial charge in [-0.05, 0) is 38.8 Å². The molecule has 1 rings (SSSR count). The minimum Gasteiger partial charge on any atom is -0.481 e. The molecule has 20 heavy (non-hydrogen) atoms. The van der Waals surface area contributed by atoms with Crippen molar-refractivity contribution in [3.63, 3.8) is 0 Å². The molecule has 6 heteroatoms. The molecular weight excluding hydrogens is 258 g/mol. The number of hydrogen-bond acceptors (Lipinski definition) is 3. The molecule has 1 heterocycles. The van der Waals surface area contributed by atoms with Crippen LogP contribution in [0.2, 0.25) is 0 Å². The van der Waals surface area contributed by atoms with E-state index in [4.69, 9.17) is 0 Å². The monoisotopic (exact) mass is 285 g/mol. The van der Waals surface area contributed by atoms with Crippen LogP contribution in [-0.2, 0) is 4.79 Å².